The van der Waals surface area contributed by atoms with Crippen molar-refractivity contribution < 1.29 is 9.53 Å². The lowest BCUT2D eigenvalue weighted by molar-refractivity contribution is -0.144. The molecule has 0 aliphatic carbocycles. The van der Waals surface area contributed by atoms with E-state index in [9.17, 15) is 4.79 Å². The highest BCUT2D eigenvalue weighted by Crippen LogP contribution is 2.20. The summed E-state index contributed by atoms with van der Waals surface area (Å²) in [5.41, 5.74) is 7.39. The fraction of sp³-hybridized carbons (Fsp3) is 0.500. The number of rotatable bonds is 6. The Morgan fingerprint density at radius 1 is 1.44 bits per heavy atom. The van der Waals surface area contributed by atoms with Crippen LogP contribution in [-0.2, 0) is 9.53 Å². The largest absolute Gasteiger partial charge is 0.464 e. The van der Waals surface area contributed by atoms with Gasteiger partial charge in [0.15, 0.2) is 0 Å². The van der Waals surface area contributed by atoms with Gasteiger partial charge >= 0.3 is 5.97 Å². The molecule has 18 heavy (non-hydrogen) atoms. The molecule has 4 nitrogen and oxygen atoms in total. The topological polar surface area (TPSA) is 55.6 Å². The number of anilines is 2. The number of hydrogen-bond donors (Lipinski definition) is 1. The summed E-state index contributed by atoms with van der Waals surface area (Å²) in [4.78, 5) is 13.9. The molecule has 1 unspecified atom stereocenters. The van der Waals surface area contributed by atoms with E-state index in [2.05, 4.69) is 6.92 Å². The van der Waals surface area contributed by atoms with Crippen LogP contribution >= 0.6 is 0 Å². The third kappa shape index (κ3) is 3.65. The smallest absolute Gasteiger partial charge is 0.328 e. The molecule has 0 saturated heterocycles. The van der Waals surface area contributed by atoms with Gasteiger partial charge in [-0.3, -0.25) is 0 Å². The zero-order valence-electron chi connectivity index (χ0n) is 11.3. The van der Waals surface area contributed by atoms with Gasteiger partial charge in [0.05, 0.1) is 6.61 Å². The Morgan fingerprint density at radius 3 is 2.72 bits per heavy atom. The van der Waals surface area contributed by atoms with Crippen molar-refractivity contribution in [2.45, 2.75) is 32.7 Å². The van der Waals surface area contributed by atoms with Gasteiger partial charge in [0, 0.05) is 18.4 Å². The molecule has 1 rings (SSSR count). The van der Waals surface area contributed by atoms with Gasteiger partial charge in [-0.15, -0.1) is 0 Å². The van der Waals surface area contributed by atoms with Crippen LogP contribution in [0.5, 0.6) is 0 Å². The van der Waals surface area contributed by atoms with Crippen LogP contribution in [0.15, 0.2) is 24.3 Å². The maximum atomic E-state index is 11.9. The summed E-state index contributed by atoms with van der Waals surface area (Å²) in [5.74, 6) is -0.177. The Balaban J connectivity index is 2.88. The van der Waals surface area contributed by atoms with E-state index < -0.39 is 0 Å². The third-order valence-electron chi connectivity index (χ3n) is 2.87. The lowest BCUT2D eigenvalue weighted by Crippen LogP contribution is -2.39. The van der Waals surface area contributed by atoms with Gasteiger partial charge in [-0.2, -0.15) is 0 Å². The summed E-state index contributed by atoms with van der Waals surface area (Å²) < 4.78 is 5.12. The number of nitrogens with two attached hydrogens (primary N) is 1. The van der Waals surface area contributed by atoms with E-state index in [0.717, 1.165) is 18.5 Å². The van der Waals surface area contributed by atoms with Gasteiger partial charge in [0.25, 0.3) is 0 Å². The van der Waals surface area contributed by atoms with Crippen molar-refractivity contribution >= 4 is 17.3 Å². The minimum atomic E-state index is -0.253. The first-order valence-corrected chi connectivity index (χ1v) is 6.35. The molecule has 0 amide bonds. The van der Waals surface area contributed by atoms with E-state index in [1.165, 1.54) is 0 Å². The summed E-state index contributed by atoms with van der Waals surface area (Å²) in [6.07, 6.45) is 1.69. The Labute approximate surface area is 109 Å². The predicted octanol–water partition coefficient (Wildman–Crippen LogP) is 2.44. The van der Waals surface area contributed by atoms with Crippen LogP contribution in [0.1, 0.15) is 26.7 Å². The van der Waals surface area contributed by atoms with Crippen LogP contribution in [-0.4, -0.2) is 25.7 Å². The van der Waals surface area contributed by atoms with Gasteiger partial charge in [-0.05, 0) is 31.5 Å². The molecule has 0 fully saturated rings. The van der Waals surface area contributed by atoms with Crippen LogP contribution in [0.2, 0.25) is 0 Å². The predicted molar refractivity (Wildman–Crippen MR) is 74.6 cm³/mol. The Kier molecular flexibility index (Phi) is 5.49. The van der Waals surface area contributed by atoms with Crippen LogP contribution in [0.3, 0.4) is 0 Å². The molecular formula is C14H22N2O2. The average molecular weight is 250 g/mol. The van der Waals surface area contributed by atoms with Gasteiger partial charge in [0.1, 0.15) is 6.04 Å². The Morgan fingerprint density at radius 2 is 2.17 bits per heavy atom. The summed E-state index contributed by atoms with van der Waals surface area (Å²) >= 11 is 0. The highest BCUT2D eigenvalue weighted by atomic mass is 16.5. The summed E-state index contributed by atoms with van der Waals surface area (Å²) in [6.45, 7) is 4.28. The minimum absolute atomic E-state index is 0.177. The number of nitrogens with zero attached hydrogens (tertiary/aromatic N) is 1. The number of hydrogen-bond acceptors (Lipinski definition) is 4. The van der Waals surface area contributed by atoms with E-state index in [1.807, 2.05) is 43.1 Å². The van der Waals surface area contributed by atoms with E-state index in [-0.39, 0.29) is 12.0 Å². The molecular weight excluding hydrogens is 228 g/mol. The number of ether oxygens (including phenoxy) is 1. The minimum Gasteiger partial charge on any atom is -0.464 e. The summed E-state index contributed by atoms with van der Waals surface area (Å²) in [7, 11) is 1.89. The maximum Gasteiger partial charge on any atom is 0.328 e. The molecule has 0 bridgehead atoms. The van der Waals surface area contributed by atoms with E-state index in [4.69, 9.17) is 10.5 Å². The molecule has 0 aromatic heterocycles. The average Bonchev–Trinajstić information content (AvgIpc) is 2.35. The normalized spacial score (nSPS) is 11.9. The van der Waals surface area contributed by atoms with Crippen LogP contribution in [0.25, 0.3) is 0 Å². The standard InChI is InChI=1S/C14H22N2O2/c1-4-7-13(14(17)18-5-2)16(3)12-9-6-8-11(15)10-12/h6,8-10,13H,4-5,7,15H2,1-3H3. The number of esters is 1. The van der Waals surface area contributed by atoms with Crippen molar-refractivity contribution in [3.63, 3.8) is 0 Å². The number of benzene rings is 1. The molecule has 1 atom stereocenters. The first-order valence-electron chi connectivity index (χ1n) is 6.35. The molecule has 2 N–H and O–H groups in total. The number of nitrogen functional groups attached to an aromatic ring is 1. The molecule has 0 saturated carbocycles. The fourth-order valence-corrected chi connectivity index (χ4v) is 1.91. The zero-order valence-corrected chi connectivity index (χ0v) is 11.3. The Hall–Kier alpha value is -1.71. The number of carbonyl (C=O) groups is 1. The summed E-state index contributed by atoms with van der Waals surface area (Å²) in [5, 5.41) is 0. The SMILES string of the molecule is CCCC(C(=O)OCC)N(C)c1cccc(N)c1. The lowest BCUT2D eigenvalue weighted by Gasteiger charge is -2.28. The van der Waals surface area contributed by atoms with Crippen LogP contribution in [0, 0.1) is 0 Å². The molecule has 0 radical (unpaired) electrons. The number of likely N-dealkylation sites (N-methyl/N-ethyl adjacent to an activating group) is 1. The van der Waals surface area contributed by atoms with E-state index in [1.54, 1.807) is 0 Å². The molecule has 0 aliphatic rings. The van der Waals surface area contributed by atoms with E-state index >= 15 is 0 Å². The molecule has 0 spiro atoms. The molecule has 0 heterocycles. The quantitative estimate of drug-likeness (QED) is 0.622. The maximum absolute atomic E-state index is 11.9. The second-order valence-corrected chi connectivity index (χ2v) is 4.26. The second kappa shape index (κ2) is 6.89. The van der Waals surface area contributed by atoms with Crippen molar-refractivity contribution in [2.24, 2.45) is 0 Å². The molecule has 100 valence electrons. The summed E-state index contributed by atoms with van der Waals surface area (Å²) in [6, 6.07) is 7.27. The van der Waals surface area contributed by atoms with Crippen LogP contribution < -0.4 is 10.6 Å². The number of carbonyl (C=O) groups excluding carboxylic acids is 1. The highest BCUT2D eigenvalue weighted by molar-refractivity contribution is 5.80. The van der Waals surface area contributed by atoms with Crippen molar-refractivity contribution in [1.82, 2.24) is 0 Å². The van der Waals surface area contributed by atoms with Gasteiger partial charge in [-0.25, -0.2) is 4.79 Å². The lowest BCUT2D eigenvalue weighted by atomic mass is 10.1. The van der Waals surface area contributed by atoms with E-state index in [0.29, 0.717) is 12.3 Å². The van der Waals surface area contributed by atoms with Gasteiger partial charge in [-0.1, -0.05) is 19.4 Å². The third-order valence-corrected chi connectivity index (χ3v) is 2.87. The fourth-order valence-electron chi connectivity index (χ4n) is 1.91. The molecule has 1 aromatic rings. The first kappa shape index (κ1) is 14.4. The molecule has 4 heteroatoms. The molecule has 1 aromatic carbocycles. The van der Waals surface area contributed by atoms with Crippen LogP contribution in [0.4, 0.5) is 11.4 Å². The first-order chi connectivity index (χ1) is 8.60. The van der Waals surface area contributed by atoms with Gasteiger partial charge in [0.2, 0.25) is 0 Å². The van der Waals surface area contributed by atoms with Crippen molar-refractivity contribution in [1.29, 1.82) is 0 Å². The second-order valence-electron chi connectivity index (χ2n) is 4.26. The highest BCUT2D eigenvalue weighted by Gasteiger charge is 2.23. The Bertz CT molecular complexity index is 393. The van der Waals surface area contributed by atoms with Crippen molar-refractivity contribution in [3.05, 3.63) is 24.3 Å². The monoisotopic (exact) mass is 250 g/mol. The van der Waals surface area contributed by atoms with Gasteiger partial charge < -0.3 is 15.4 Å². The van der Waals surface area contributed by atoms with Crippen molar-refractivity contribution in [3.8, 4) is 0 Å². The van der Waals surface area contributed by atoms with Crippen molar-refractivity contribution in [2.75, 3.05) is 24.3 Å². The zero-order chi connectivity index (χ0) is 13.5. The molecule has 0 aliphatic heterocycles.